The van der Waals surface area contributed by atoms with E-state index in [1.807, 2.05) is 0 Å². The summed E-state index contributed by atoms with van der Waals surface area (Å²) in [5, 5.41) is 0. The molecule has 0 aromatic carbocycles. The molecular formula is C9H14O. The Hall–Kier alpha value is -0.640. The standard InChI is InChI=1S/C9H14O/c1-2-10-8-9-6-4-3-5-7-9/h1,9H,3-8H2. The summed E-state index contributed by atoms with van der Waals surface area (Å²) in [5.74, 6) is 0.741. The molecule has 0 spiro atoms. The molecule has 1 fully saturated rings. The highest BCUT2D eigenvalue weighted by Crippen LogP contribution is 2.23. The molecule has 0 radical (unpaired) electrons. The van der Waals surface area contributed by atoms with Gasteiger partial charge in [-0.2, -0.15) is 0 Å². The Bertz CT molecular complexity index is 117. The second-order valence-corrected chi connectivity index (χ2v) is 2.93. The summed E-state index contributed by atoms with van der Waals surface area (Å²) in [4.78, 5) is 0. The van der Waals surface area contributed by atoms with E-state index in [-0.39, 0.29) is 0 Å². The first-order chi connectivity index (χ1) is 4.93. The maximum atomic E-state index is 4.97. The van der Waals surface area contributed by atoms with E-state index in [9.17, 15) is 0 Å². The Morgan fingerprint density at radius 2 is 2.00 bits per heavy atom. The lowest BCUT2D eigenvalue weighted by Crippen LogP contribution is -2.11. The van der Waals surface area contributed by atoms with Crippen LogP contribution in [-0.2, 0) is 4.74 Å². The fourth-order valence-electron chi connectivity index (χ4n) is 1.52. The first kappa shape index (κ1) is 7.47. The smallest absolute Gasteiger partial charge is 0.106 e. The van der Waals surface area contributed by atoms with Crippen LogP contribution in [0.2, 0.25) is 0 Å². The third-order valence-corrected chi connectivity index (χ3v) is 2.13. The van der Waals surface area contributed by atoms with Gasteiger partial charge in [0.15, 0.2) is 0 Å². The summed E-state index contributed by atoms with van der Waals surface area (Å²) in [6.07, 6.45) is 13.9. The van der Waals surface area contributed by atoms with Crippen LogP contribution in [-0.4, -0.2) is 6.61 Å². The van der Waals surface area contributed by atoms with Crippen LogP contribution in [0.5, 0.6) is 0 Å². The Morgan fingerprint density at radius 1 is 1.30 bits per heavy atom. The van der Waals surface area contributed by atoms with E-state index in [4.69, 9.17) is 11.2 Å². The van der Waals surface area contributed by atoms with E-state index in [1.165, 1.54) is 32.1 Å². The van der Waals surface area contributed by atoms with E-state index >= 15 is 0 Å². The highest BCUT2D eigenvalue weighted by atomic mass is 16.5. The molecule has 0 N–H and O–H groups in total. The number of rotatable bonds is 2. The first-order valence-electron chi connectivity index (χ1n) is 4.01. The van der Waals surface area contributed by atoms with Crippen molar-refractivity contribution in [1.82, 2.24) is 0 Å². The van der Waals surface area contributed by atoms with Gasteiger partial charge in [0.05, 0.1) is 0 Å². The molecule has 0 aliphatic heterocycles. The summed E-state index contributed by atoms with van der Waals surface area (Å²) < 4.78 is 4.90. The van der Waals surface area contributed by atoms with E-state index in [2.05, 4.69) is 6.11 Å². The predicted octanol–water partition coefficient (Wildman–Crippen LogP) is 2.17. The van der Waals surface area contributed by atoms with Gasteiger partial charge < -0.3 is 4.74 Å². The van der Waals surface area contributed by atoms with Gasteiger partial charge in [-0.15, -0.1) is 0 Å². The largest absolute Gasteiger partial charge is 0.447 e. The average molecular weight is 138 g/mol. The van der Waals surface area contributed by atoms with Gasteiger partial charge >= 0.3 is 0 Å². The Balaban J connectivity index is 2.09. The lowest BCUT2D eigenvalue weighted by Gasteiger charge is -2.19. The molecule has 1 saturated carbocycles. The van der Waals surface area contributed by atoms with Crippen molar-refractivity contribution in [3.8, 4) is 12.5 Å². The quantitative estimate of drug-likeness (QED) is 0.531. The van der Waals surface area contributed by atoms with Crippen LogP contribution >= 0.6 is 0 Å². The zero-order valence-electron chi connectivity index (χ0n) is 6.31. The monoisotopic (exact) mass is 138 g/mol. The van der Waals surface area contributed by atoms with Gasteiger partial charge in [0.25, 0.3) is 0 Å². The molecule has 0 amide bonds. The zero-order valence-corrected chi connectivity index (χ0v) is 6.31. The lowest BCUT2D eigenvalue weighted by molar-refractivity contribution is 0.183. The molecule has 1 rings (SSSR count). The van der Waals surface area contributed by atoms with Gasteiger partial charge in [-0.25, -0.2) is 0 Å². The van der Waals surface area contributed by atoms with E-state index in [0.29, 0.717) is 0 Å². The SMILES string of the molecule is C#COCC1CCCCC1. The second-order valence-electron chi connectivity index (χ2n) is 2.93. The lowest BCUT2D eigenvalue weighted by atomic mass is 9.90. The molecule has 0 heterocycles. The highest BCUT2D eigenvalue weighted by Gasteiger charge is 2.12. The number of terminal acetylenes is 1. The van der Waals surface area contributed by atoms with Gasteiger partial charge in [0.1, 0.15) is 12.7 Å². The molecule has 0 bridgehead atoms. The molecule has 1 aliphatic rings. The van der Waals surface area contributed by atoms with Gasteiger partial charge in [-0.3, -0.25) is 0 Å². The molecule has 1 aliphatic carbocycles. The van der Waals surface area contributed by atoms with Gasteiger partial charge in [0.2, 0.25) is 0 Å². The third kappa shape index (κ3) is 2.31. The Morgan fingerprint density at radius 3 is 2.60 bits per heavy atom. The molecule has 0 unspecified atom stereocenters. The average Bonchev–Trinajstić information content (AvgIpc) is 2.03. The van der Waals surface area contributed by atoms with Crippen molar-refractivity contribution in [2.24, 2.45) is 5.92 Å². The summed E-state index contributed by atoms with van der Waals surface area (Å²) in [7, 11) is 0. The summed E-state index contributed by atoms with van der Waals surface area (Å²) >= 11 is 0. The van der Waals surface area contributed by atoms with E-state index in [1.54, 1.807) is 0 Å². The van der Waals surface area contributed by atoms with Crippen molar-refractivity contribution < 1.29 is 4.74 Å². The van der Waals surface area contributed by atoms with Crippen LogP contribution in [0.3, 0.4) is 0 Å². The van der Waals surface area contributed by atoms with Crippen molar-refractivity contribution in [2.75, 3.05) is 6.61 Å². The van der Waals surface area contributed by atoms with Crippen LogP contribution < -0.4 is 0 Å². The predicted molar refractivity (Wildman–Crippen MR) is 41.4 cm³/mol. The van der Waals surface area contributed by atoms with Crippen molar-refractivity contribution in [1.29, 1.82) is 0 Å². The fraction of sp³-hybridized carbons (Fsp3) is 0.778. The van der Waals surface area contributed by atoms with Crippen LogP contribution in [0.15, 0.2) is 0 Å². The Kier molecular flexibility index (Phi) is 3.15. The van der Waals surface area contributed by atoms with Gasteiger partial charge in [-0.1, -0.05) is 25.7 Å². The maximum absolute atomic E-state index is 4.97. The second kappa shape index (κ2) is 4.22. The molecular weight excluding hydrogens is 124 g/mol. The zero-order chi connectivity index (χ0) is 7.23. The number of ether oxygens (including phenoxy) is 1. The molecule has 0 aromatic rings. The fourth-order valence-corrected chi connectivity index (χ4v) is 1.52. The minimum absolute atomic E-state index is 0.741. The summed E-state index contributed by atoms with van der Waals surface area (Å²) in [6.45, 7) is 0.774. The highest BCUT2D eigenvalue weighted by molar-refractivity contribution is 4.71. The molecule has 0 aromatic heterocycles. The van der Waals surface area contributed by atoms with Crippen LogP contribution in [0.4, 0.5) is 0 Å². The molecule has 0 saturated heterocycles. The molecule has 1 heteroatoms. The minimum Gasteiger partial charge on any atom is -0.447 e. The van der Waals surface area contributed by atoms with Crippen LogP contribution in [0, 0.1) is 18.4 Å². The van der Waals surface area contributed by atoms with Crippen molar-refractivity contribution in [3.63, 3.8) is 0 Å². The summed E-state index contributed by atoms with van der Waals surface area (Å²) in [5.41, 5.74) is 0. The van der Waals surface area contributed by atoms with Crippen molar-refractivity contribution in [3.05, 3.63) is 0 Å². The van der Waals surface area contributed by atoms with Gasteiger partial charge in [-0.05, 0) is 18.8 Å². The third-order valence-electron chi connectivity index (χ3n) is 2.13. The minimum atomic E-state index is 0.741. The molecule has 10 heavy (non-hydrogen) atoms. The van der Waals surface area contributed by atoms with Crippen LogP contribution in [0.25, 0.3) is 0 Å². The summed E-state index contributed by atoms with van der Waals surface area (Å²) in [6, 6.07) is 0. The molecule has 56 valence electrons. The van der Waals surface area contributed by atoms with Gasteiger partial charge in [0, 0.05) is 0 Å². The van der Waals surface area contributed by atoms with E-state index < -0.39 is 0 Å². The van der Waals surface area contributed by atoms with Crippen molar-refractivity contribution >= 4 is 0 Å². The van der Waals surface area contributed by atoms with E-state index in [0.717, 1.165) is 12.5 Å². The number of hydrogen-bond acceptors (Lipinski definition) is 1. The number of hydrogen-bond donors (Lipinski definition) is 0. The normalized spacial score (nSPS) is 19.9. The molecule has 1 nitrogen and oxygen atoms in total. The maximum Gasteiger partial charge on any atom is 0.106 e. The molecule has 0 atom stereocenters. The van der Waals surface area contributed by atoms with Crippen LogP contribution in [0.1, 0.15) is 32.1 Å². The first-order valence-corrected chi connectivity index (χ1v) is 4.01. The topological polar surface area (TPSA) is 9.23 Å². The van der Waals surface area contributed by atoms with Crippen molar-refractivity contribution in [2.45, 2.75) is 32.1 Å². The Labute approximate surface area is 62.8 Å².